The molecule has 18 heavy (non-hydrogen) atoms. The minimum absolute atomic E-state index is 0. The van der Waals surface area contributed by atoms with Crippen molar-refractivity contribution in [3.05, 3.63) is 0 Å². The van der Waals surface area contributed by atoms with Gasteiger partial charge < -0.3 is 15.0 Å². The van der Waals surface area contributed by atoms with E-state index in [0.717, 1.165) is 26.1 Å². The van der Waals surface area contributed by atoms with Crippen LogP contribution < -0.4 is 5.32 Å². The maximum Gasteiger partial charge on any atom is 0.410 e. The molecule has 0 spiro atoms. The van der Waals surface area contributed by atoms with Gasteiger partial charge in [-0.3, -0.25) is 0 Å². The van der Waals surface area contributed by atoms with Crippen LogP contribution in [-0.4, -0.2) is 42.3 Å². The van der Waals surface area contributed by atoms with Crippen LogP contribution in [-0.2, 0) is 4.74 Å². The average Bonchev–Trinajstić information content (AvgIpc) is 2.14. The first-order valence-electron chi connectivity index (χ1n) is 6.50. The summed E-state index contributed by atoms with van der Waals surface area (Å²) in [6, 6.07) is 0.263. The summed E-state index contributed by atoms with van der Waals surface area (Å²) >= 11 is 0. The lowest BCUT2D eigenvalue weighted by atomic mass is 10.0. The van der Waals surface area contributed by atoms with Gasteiger partial charge in [0.25, 0.3) is 0 Å². The Morgan fingerprint density at radius 1 is 1.44 bits per heavy atom. The summed E-state index contributed by atoms with van der Waals surface area (Å²) in [5, 5.41) is 3.34. The van der Waals surface area contributed by atoms with E-state index in [1.807, 2.05) is 25.7 Å². The number of halogens is 1. The summed E-state index contributed by atoms with van der Waals surface area (Å²) in [5.41, 5.74) is -0.412. The van der Waals surface area contributed by atoms with E-state index in [2.05, 4.69) is 19.2 Å². The number of carbonyl (C=O) groups excluding carboxylic acids is 1. The summed E-state index contributed by atoms with van der Waals surface area (Å²) in [4.78, 5) is 14.0. The second-order valence-electron chi connectivity index (χ2n) is 6.16. The molecule has 1 amide bonds. The standard InChI is InChI=1S/C13H26N2O2.ClH/c1-10(2)8-11-9-14-6-7-15(11)12(16)17-13(3,4)5;/h10-11,14H,6-9H2,1-5H3;1H/t11-;/m1./s1. The Morgan fingerprint density at radius 3 is 2.56 bits per heavy atom. The molecule has 0 aromatic heterocycles. The lowest BCUT2D eigenvalue weighted by Crippen LogP contribution is -2.55. The molecular weight excluding hydrogens is 252 g/mol. The van der Waals surface area contributed by atoms with Gasteiger partial charge in [-0.15, -0.1) is 12.4 Å². The number of hydrogen-bond acceptors (Lipinski definition) is 3. The summed E-state index contributed by atoms with van der Waals surface area (Å²) in [5.74, 6) is 0.588. The highest BCUT2D eigenvalue weighted by molar-refractivity contribution is 5.85. The Kier molecular flexibility index (Phi) is 7.00. The van der Waals surface area contributed by atoms with Crippen LogP contribution in [0.5, 0.6) is 0 Å². The quantitative estimate of drug-likeness (QED) is 0.844. The van der Waals surface area contributed by atoms with E-state index in [0.29, 0.717) is 5.92 Å². The molecule has 0 aromatic rings. The van der Waals surface area contributed by atoms with E-state index in [-0.39, 0.29) is 24.5 Å². The number of piperazine rings is 1. The molecule has 0 aliphatic carbocycles. The third kappa shape index (κ3) is 5.91. The Balaban J connectivity index is 0.00000289. The smallest absolute Gasteiger partial charge is 0.410 e. The van der Waals surface area contributed by atoms with Crippen LogP contribution in [0.3, 0.4) is 0 Å². The SMILES string of the molecule is CC(C)C[C@@H]1CNCCN1C(=O)OC(C)(C)C.Cl. The second kappa shape index (κ2) is 7.19. The molecule has 0 aromatic carbocycles. The van der Waals surface area contributed by atoms with Crippen molar-refractivity contribution >= 4 is 18.5 Å². The van der Waals surface area contributed by atoms with Gasteiger partial charge >= 0.3 is 6.09 Å². The first kappa shape index (κ1) is 17.5. The van der Waals surface area contributed by atoms with Crippen LogP contribution in [0.15, 0.2) is 0 Å². The fraction of sp³-hybridized carbons (Fsp3) is 0.923. The van der Waals surface area contributed by atoms with Gasteiger partial charge in [0, 0.05) is 25.7 Å². The summed E-state index contributed by atoms with van der Waals surface area (Å²) in [6.07, 6.45) is 0.844. The summed E-state index contributed by atoms with van der Waals surface area (Å²) < 4.78 is 5.45. The zero-order valence-corrected chi connectivity index (χ0v) is 13.0. The Morgan fingerprint density at radius 2 is 2.06 bits per heavy atom. The lowest BCUT2D eigenvalue weighted by Gasteiger charge is -2.37. The molecule has 0 radical (unpaired) electrons. The molecule has 0 saturated carbocycles. The third-order valence-corrected chi connectivity index (χ3v) is 2.72. The van der Waals surface area contributed by atoms with Crippen molar-refractivity contribution in [3.63, 3.8) is 0 Å². The number of carbonyl (C=O) groups is 1. The number of nitrogens with zero attached hydrogens (tertiary/aromatic N) is 1. The van der Waals surface area contributed by atoms with Crippen molar-refractivity contribution in [2.75, 3.05) is 19.6 Å². The van der Waals surface area contributed by atoms with Crippen LogP contribution >= 0.6 is 12.4 Å². The van der Waals surface area contributed by atoms with Gasteiger partial charge in [-0.25, -0.2) is 4.79 Å². The zero-order chi connectivity index (χ0) is 13.1. The van der Waals surface area contributed by atoms with Gasteiger partial charge in [0.1, 0.15) is 5.60 Å². The fourth-order valence-corrected chi connectivity index (χ4v) is 2.08. The van der Waals surface area contributed by atoms with Crippen molar-refractivity contribution < 1.29 is 9.53 Å². The molecule has 5 heteroatoms. The molecule has 1 heterocycles. The van der Waals surface area contributed by atoms with Gasteiger partial charge in [-0.1, -0.05) is 13.8 Å². The summed E-state index contributed by atoms with van der Waals surface area (Å²) in [7, 11) is 0. The van der Waals surface area contributed by atoms with Crippen molar-refractivity contribution in [2.24, 2.45) is 5.92 Å². The van der Waals surface area contributed by atoms with Gasteiger partial charge in [-0.05, 0) is 33.1 Å². The van der Waals surface area contributed by atoms with E-state index >= 15 is 0 Å². The number of rotatable bonds is 2. The predicted octanol–water partition coefficient (Wildman–Crippen LogP) is 2.66. The minimum atomic E-state index is -0.412. The van der Waals surface area contributed by atoms with E-state index in [1.165, 1.54) is 0 Å². The Bertz CT molecular complexity index is 264. The van der Waals surface area contributed by atoms with E-state index in [1.54, 1.807) is 0 Å². The molecular formula is C13H27ClN2O2. The molecule has 1 N–H and O–H groups in total. The van der Waals surface area contributed by atoms with Gasteiger partial charge in [0.05, 0.1) is 0 Å². The van der Waals surface area contributed by atoms with E-state index in [9.17, 15) is 4.79 Å². The Labute approximate surface area is 117 Å². The van der Waals surface area contributed by atoms with Crippen molar-refractivity contribution in [1.82, 2.24) is 10.2 Å². The summed E-state index contributed by atoms with van der Waals surface area (Å²) in [6.45, 7) is 12.6. The minimum Gasteiger partial charge on any atom is -0.444 e. The largest absolute Gasteiger partial charge is 0.444 e. The zero-order valence-electron chi connectivity index (χ0n) is 12.2. The number of nitrogens with one attached hydrogen (secondary N) is 1. The lowest BCUT2D eigenvalue weighted by molar-refractivity contribution is 0.00989. The predicted molar refractivity (Wildman–Crippen MR) is 76.3 cm³/mol. The molecule has 1 atom stereocenters. The van der Waals surface area contributed by atoms with Gasteiger partial charge in [-0.2, -0.15) is 0 Å². The average molecular weight is 279 g/mol. The highest BCUT2D eigenvalue weighted by Crippen LogP contribution is 2.17. The van der Waals surface area contributed by atoms with Crippen molar-refractivity contribution in [1.29, 1.82) is 0 Å². The van der Waals surface area contributed by atoms with Crippen LogP contribution in [0.2, 0.25) is 0 Å². The molecule has 1 saturated heterocycles. The number of hydrogen-bond donors (Lipinski definition) is 1. The highest BCUT2D eigenvalue weighted by Gasteiger charge is 2.30. The number of ether oxygens (including phenoxy) is 1. The molecule has 0 unspecified atom stereocenters. The monoisotopic (exact) mass is 278 g/mol. The maximum atomic E-state index is 12.1. The van der Waals surface area contributed by atoms with Gasteiger partial charge in [0.15, 0.2) is 0 Å². The van der Waals surface area contributed by atoms with E-state index < -0.39 is 5.60 Å². The topological polar surface area (TPSA) is 41.6 Å². The molecule has 108 valence electrons. The molecule has 4 nitrogen and oxygen atoms in total. The normalized spacial score (nSPS) is 20.6. The van der Waals surface area contributed by atoms with Crippen LogP contribution in [0, 0.1) is 5.92 Å². The van der Waals surface area contributed by atoms with Crippen LogP contribution in [0.1, 0.15) is 41.0 Å². The van der Waals surface area contributed by atoms with E-state index in [4.69, 9.17) is 4.74 Å². The molecule has 0 bridgehead atoms. The first-order valence-corrected chi connectivity index (χ1v) is 6.50. The van der Waals surface area contributed by atoms with Crippen LogP contribution in [0.25, 0.3) is 0 Å². The van der Waals surface area contributed by atoms with Crippen molar-refractivity contribution in [3.8, 4) is 0 Å². The van der Waals surface area contributed by atoms with Gasteiger partial charge in [0.2, 0.25) is 0 Å². The first-order chi connectivity index (χ1) is 7.79. The molecule has 1 fully saturated rings. The molecule has 1 aliphatic heterocycles. The highest BCUT2D eigenvalue weighted by atomic mass is 35.5. The number of amides is 1. The van der Waals surface area contributed by atoms with Crippen LogP contribution in [0.4, 0.5) is 4.79 Å². The Hall–Kier alpha value is -0.480. The second-order valence-corrected chi connectivity index (χ2v) is 6.16. The third-order valence-electron chi connectivity index (χ3n) is 2.72. The van der Waals surface area contributed by atoms with Crippen molar-refractivity contribution in [2.45, 2.75) is 52.7 Å². The molecule has 1 rings (SSSR count). The maximum absolute atomic E-state index is 12.1. The fourth-order valence-electron chi connectivity index (χ4n) is 2.08. The molecule has 1 aliphatic rings.